The van der Waals surface area contributed by atoms with Gasteiger partial charge in [-0.2, -0.15) is 0 Å². The first kappa shape index (κ1) is 122. The Morgan fingerprint density at radius 2 is 0.549 bits per heavy atom. The number of aldehydes is 4. The number of ether oxygens (including phenoxy) is 23. The minimum atomic E-state index is -0.609. The quantitative estimate of drug-likeness (QED) is 0.0246. The molecule has 0 amide bonds. The van der Waals surface area contributed by atoms with E-state index in [1.165, 1.54) is 27.1 Å². The van der Waals surface area contributed by atoms with Crippen LogP contribution < -0.4 is 21.3 Å². The molecule has 0 bridgehead atoms. The van der Waals surface area contributed by atoms with E-state index in [4.69, 9.17) is 109 Å². The van der Waals surface area contributed by atoms with E-state index in [0.717, 1.165) is 164 Å². The van der Waals surface area contributed by atoms with E-state index in [1.807, 2.05) is 128 Å². The van der Waals surface area contributed by atoms with Crippen LogP contribution in [0.4, 0.5) is 0 Å². The van der Waals surface area contributed by atoms with Crippen molar-refractivity contribution in [2.45, 2.75) is 334 Å². The fourth-order valence-electron chi connectivity index (χ4n) is 19.9. The second-order valence-electron chi connectivity index (χ2n) is 39.7. The van der Waals surface area contributed by atoms with Crippen molar-refractivity contribution in [2.75, 3.05) is 143 Å². The minimum Gasteiger partial charge on any atom is -0.381 e. The van der Waals surface area contributed by atoms with Crippen LogP contribution in [0.2, 0.25) is 0 Å². The molecule has 0 aliphatic carbocycles. The van der Waals surface area contributed by atoms with Crippen LogP contribution in [-0.4, -0.2) is 320 Å². The van der Waals surface area contributed by atoms with Crippen molar-refractivity contribution in [3.8, 4) is 0 Å². The SMILES string of the molecule is CC[C@@H]1CCOC2C1OCO[C@H]2CC.CC[C@H]1CCOC2C1OCO[C@H]2CC.CC[C@H]1OCOC2C1OCO[C@@H]2CC.COC(C)C(N[C@H](C=O)Cc1ccccc1)OC.COC(N[C@H](C=O)Cc1ccccc1)C(N[C@H](C=O)Cc1ccccc1)OC.COCC(N[C@H](C=O)Cc1ccccc1)OC.C[C@@H]1COC2C1OC[C@@H]2C.C[C@@H]1COC2C1OC[C@H]2C.C[C@@H]1COC[C@H]1C.C[C@H]1COC2C1OC[C@@H]2C. The van der Waals surface area contributed by atoms with Crippen LogP contribution >= 0.6 is 0 Å². The van der Waals surface area contributed by atoms with Gasteiger partial charge in [-0.3, -0.25) is 21.3 Å². The number of carbonyl (C=O) groups is 4. The van der Waals surface area contributed by atoms with Gasteiger partial charge in [0.1, 0.15) is 102 Å². The fraction of sp³-hybridized carbons (Fsp3) is 0.748. The Morgan fingerprint density at radius 1 is 0.289 bits per heavy atom. The van der Waals surface area contributed by atoms with Crippen LogP contribution in [0.3, 0.4) is 0 Å². The van der Waals surface area contributed by atoms with Crippen molar-refractivity contribution in [3.63, 3.8) is 0 Å². The molecule has 17 rings (SSSR count). The molecule has 13 aliphatic rings. The first-order valence-electron chi connectivity index (χ1n) is 52.5. The predicted molar refractivity (Wildman–Crippen MR) is 543 cm³/mol. The molecule has 31 nitrogen and oxygen atoms in total. The van der Waals surface area contributed by atoms with Gasteiger partial charge in [-0.05, 0) is 117 Å². The minimum absolute atomic E-state index is 0.0486. The molecule has 0 saturated carbocycles. The maximum Gasteiger partial charge on any atom is 0.148 e. The molecule has 4 N–H and O–H groups in total. The summed E-state index contributed by atoms with van der Waals surface area (Å²) in [6.45, 7) is 43.5. The van der Waals surface area contributed by atoms with Gasteiger partial charge in [0.15, 0.2) is 0 Å². The summed E-state index contributed by atoms with van der Waals surface area (Å²) >= 11 is 0. The van der Waals surface area contributed by atoms with Gasteiger partial charge in [0, 0.05) is 105 Å². The van der Waals surface area contributed by atoms with Crippen LogP contribution in [0.25, 0.3) is 0 Å². The monoisotopic (exact) mass is 2000 g/mol. The summed E-state index contributed by atoms with van der Waals surface area (Å²) in [4.78, 5) is 45.2. The molecule has 13 fully saturated rings. The summed E-state index contributed by atoms with van der Waals surface area (Å²) in [5, 5.41) is 12.5. The number of hydrogen-bond donors (Lipinski definition) is 4. The van der Waals surface area contributed by atoms with Crippen molar-refractivity contribution >= 4 is 25.1 Å². The van der Waals surface area contributed by atoms with Crippen LogP contribution in [0.1, 0.15) is 177 Å². The molecule has 17 unspecified atom stereocenters. The van der Waals surface area contributed by atoms with Crippen LogP contribution in [0.5, 0.6) is 0 Å². The van der Waals surface area contributed by atoms with E-state index in [2.05, 4.69) is 118 Å². The van der Waals surface area contributed by atoms with Crippen LogP contribution in [0, 0.1) is 59.2 Å². The predicted octanol–water partition coefficient (Wildman–Crippen LogP) is 13.8. The highest BCUT2D eigenvalue weighted by Crippen LogP contribution is 2.39. The van der Waals surface area contributed by atoms with Crippen molar-refractivity contribution in [2.24, 2.45) is 59.2 Å². The average molecular weight is 2000 g/mol. The maximum absolute atomic E-state index is 11.6. The van der Waals surface area contributed by atoms with Gasteiger partial charge in [0.25, 0.3) is 0 Å². The Kier molecular flexibility index (Phi) is 58.5. The van der Waals surface area contributed by atoms with Crippen LogP contribution in [-0.2, 0) is 154 Å². The largest absolute Gasteiger partial charge is 0.381 e. The molecular weight excluding hydrogens is 1820 g/mol. The molecule has 13 aliphatic heterocycles. The zero-order chi connectivity index (χ0) is 103. The molecule has 0 spiro atoms. The van der Waals surface area contributed by atoms with Gasteiger partial charge in [0.05, 0.1) is 150 Å². The summed E-state index contributed by atoms with van der Waals surface area (Å²) in [5.74, 6) is 6.54. The molecule has 0 radical (unpaired) electrons. The first-order chi connectivity index (χ1) is 69.0. The highest BCUT2D eigenvalue weighted by molar-refractivity contribution is 5.60. The molecular formula is C111H180N4O27. The van der Waals surface area contributed by atoms with Gasteiger partial charge < -0.3 is 128 Å². The number of carbonyl (C=O) groups excluding carboxylic acids is 4. The first-order valence-corrected chi connectivity index (χ1v) is 52.5. The topological polar surface area (TPSA) is 329 Å². The van der Waals surface area contributed by atoms with Gasteiger partial charge in [-0.15, -0.1) is 0 Å². The third-order valence-corrected chi connectivity index (χ3v) is 29.0. The third-order valence-electron chi connectivity index (χ3n) is 29.0. The van der Waals surface area contributed by atoms with Crippen molar-refractivity contribution in [1.29, 1.82) is 0 Å². The second-order valence-corrected chi connectivity index (χ2v) is 39.7. The molecule has 142 heavy (non-hydrogen) atoms. The lowest BCUT2D eigenvalue weighted by atomic mass is 9.86. The smallest absolute Gasteiger partial charge is 0.148 e. The Morgan fingerprint density at radius 3 is 0.775 bits per heavy atom. The standard InChI is InChI=1S/C22H28N2O4.C14H21NO3.C13H19NO3.2C11H20O3.C10H18O4.3C8H14O2.C6H12O/c1-27-21(23-19(15-25)13-17-9-5-3-6-10-17)22(28-2)24-20(16-26)14-18-11-7-4-8-12-18;1-11(17-2)14(18-3)15-13(10-16)9-12-7-5-4-6-8-12;1-16-10-13(17-2)14-12(9-15)8-11-6-4-3-5-7-11;2*1-3-8-5-6-12-11-9(4-2)13-7-14-10(8)11;1-3-7-9-10(14-5-11-7)8(4-2)12-6-13-9;3*1-5-3-9-8-6(2)4-10-7(5)8;1-5-3-7-4-6(5)2/h3-12,15-16,19-24H,13-14H2,1-2H3;4-8,10-11,13-15H,9H2,1-3H3;3-7,9,12-14H,8,10H2,1-2H3;2*8-11H,3-7H2,1-2H3;7-10H,3-6H2,1-2H3;3*5-8H,3-4H2,1-2H3;5-6H,3-4H2,1-2H3/t19-,20-,21?,22?;11?,13-,14?;12-,13?;8-,9+,10?,11?;8-,9-,10?,11?;7-,8-,9?,10?;5-,6+,7?,8?;2*5-,6-,7?,8?;5-,6-/m000101.101/s1. The molecule has 806 valence electrons. The number of hydrogen-bond acceptors (Lipinski definition) is 31. The highest BCUT2D eigenvalue weighted by atomic mass is 16.8. The molecule has 13 saturated heterocycles. The Balaban J connectivity index is 0.000000197. The number of benzene rings is 4. The third kappa shape index (κ3) is 39.1. The van der Waals surface area contributed by atoms with E-state index < -0.39 is 24.5 Å². The number of fused-ring (bicyclic) bond motifs is 6. The molecule has 0 aromatic heterocycles. The van der Waals surface area contributed by atoms with Crippen molar-refractivity contribution in [3.05, 3.63) is 144 Å². The summed E-state index contributed by atoms with van der Waals surface area (Å²) < 4.78 is 126. The van der Waals surface area contributed by atoms with E-state index in [9.17, 15) is 19.2 Å². The zero-order valence-corrected chi connectivity index (χ0v) is 89.2. The Bertz CT molecular complexity index is 3560. The Hall–Kier alpha value is -5.52. The number of rotatable bonds is 35. The van der Waals surface area contributed by atoms with E-state index in [1.54, 1.807) is 28.4 Å². The van der Waals surface area contributed by atoms with Gasteiger partial charge >= 0.3 is 0 Å². The summed E-state index contributed by atoms with van der Waals surface area (Å²) in [6, 6.07) is 37.8. The van der Waals surface area contributed by atoms with E-state index >= 15 is 0 Å². The van der Waals surface area contributed by atoms with Gasteiger partial charge in [-0.1, -0.05) is 231 Å². The molecule has 35 atom stereocenters. The number of nitrogens with one attached hydrogen (secondary N) is 4. The fourth-order valence-corrected chi connectivity index (χ4v) is 19.9. The average Bonchev–Trinajstić information content (AvgIpc) is 1.24. The summed E-state index contributed by atoms with van der Waals surface area (Å²) in [6.07, 6.45) is 16.7. The van der Waals surface area contributed by atoms with Crippen LogP contribution in [0.15, 0.2) is 121 Å². The van der Waals surface area contributed by atoms with Gasteiger partial charge in [0.2, 0.25) is 0 Å². The second kappa shape index (κ2) is 68.2. The van der Waals surface area contributed by atoms with E-state index in [-0.39, 0.29) is 91.7 Å². The van der Waals surface area contributed by atoms with Crippen molar-refractivity contribution < 1.29 is 128 Å². The summed E-state index contributed by atoms with van der Waals surface area (Å²) in [7, 11) is 9.46. The lowest BCUT2D eigenvalue weighted by molar-refractivity contribution is -0.322. The number of methoxy groups -OCH3 is 6. The molecule has 4 aromatic carbocycles. The zero-order valence-electron chi connectivity index (χ0n) is 89.2. The maximum atomic E-state index is 11.6. The van der Waals surface area contributed by atoms with Crippen molar-refractivity contribution in [1.82, 2.24) is 21.3 Å². The van der Waals surface area contributed by atoms with E-state index in [0.29, 0.717) is 143 Å². The lowest BCUT2D eigenvalue weighted by Gasteiger charge is -2.44. The molecule has 13 heterocycles. The lowest BCUT2D eigenvalue weighted by Crippen LogP contribution is -2.56. The highest BCUT2D eigenvalue weighted by Gasteiger charge is 2.49. The van der Waals surface area contributed by atoms with Gasteiger partial charge in [-0.25, -0.2) is 0 Å². The normalized spacial score (nSPS) is 32.9. The molecule has 31 heteroatoms. The summed E-state index contributed by atoms with van der Waals surface area (Å²) in [5.41, 5.74) is 4.31. The Labute approximate surface area is 849 Å². The molecule has 4 aromatic rings.